The topological polar surface area (TPSA) is 55.8 Å². The lowest BCUT2D eigenvalue weighted by Gasteiger charge is -2.13. The summed E-state index contributed by atoms with van der Waals surface area (Å²) >= 11 is 0. The normalized spacial score (nSPS) is 15.0. The van der Waals surface area contributed by atoms with Crippen molar-refractivity contribution in [2.24, 2.45) is 0 Å². The first-order chi connectivity index (χ1) is 5.56. The molecule has 0 heterocycles. The number of carbonyl (C=O) groups excluding carboxylic acids is 1. The van der Waals surface area contributed by atoms with E-state index >= 15 is 0 Å². The fourth-order valence-corrected chi connectivity index (χ4v) is 0.845. The minimum absolute atomic E-state index is 0.302. The zero-order chi connectivity index (χ0) is 9.56. The van der Waals surface area contributed by atoms with Crippen molar-refractivity contribution in [1.82, 2.24) is 0 Å². The predicted octanol–water partition coefficient (Wildman–Crippen LogP) is 1.32. The van der Waals surface area contributed by atoms with E-state index in [-0.39, 0.29) is 6.10 Å². The molecule has 0 aromatic rings. The van der Waals surface area contributed by atoms with Crippen molar-refractivity contribution in [2.45, 2.75) is 39.4 Å². The molecule has 72 valence electrons. The lowest BCUT2D eigenvalue weighted by atomic mass is 10.2. The third-order valence-electron chi connectivity index (χ3n) is 1.23. The van der Waals surface area contributed by atoms with E-state index in [4.69, 9.17) is 9.84 Å². The Kier molecular flexibility index (Phi) is 5.45. The van der Waals surface area contributed by atoms with Crippen LogP contribution in [0.25, 0.3) is 0 Å². The minimum atomic E-state index is -0.675. The largest absolute Gasteiger partial charge is 0.508 e. The first-order valence-electron chi connectivity index (χ1n) is 4.07. The van der Waals surface area contributed by atoms with Gasteiger partial charge in [-0.25, -0.2) is 4.79 Å². The Bertz CT molecular complexity index is 133. The van der Waals surface area contributed by atoms with Gasteiger partial charge in [-0.15, -0.1) is 0 Å². The quantitative estimate of drug-likeness (QED) is 0.656. The highest BCUT2D eigenvalue weighted by atomic mass is 16.7. The van der Waals surface area contributed by atoms with Gasteiger partial charge >= 0.3 is 6.16 Å². The number of hydrogen-bond donors (Lipinski definition) is 1. The van der Waals surface area contributed by atoms with Crippen LogP contribution in [0.15, 0.2) is 0 Å². The molecule has 0 aromatic heterocycles. The minimum Gasteiger partial charge on any atom is -0.435 e. The molecule has 0 rings (SSSR count). The number of aliphatic hydroxyl groups is 1. The van der Waals surface area contributed by atoms with Gasteiger partial charge in [0, 0.05) is 6.42 Å². The van der Waals surface area contributed by atoms with Crippen molar-refractivity contribution in [2.75, 3.05) is 6.61 Å². The Balaban J connectivity index is 3.54. The van der Waals surface area contributed by atoms with Crippen molar-refractivity contribution in [3.05, 3.63) is 0 Å². The number of rotatable bonds is 4. The molecule has 4 nitrogen and oxygen atoms in total. The molecule has 0 spiro atoms. The number of aliphatic hydroxyl groups excluding tert-OH is 1. The summed E-state index contributed by atoms with van der Waals surface area (Å²) in [5.41, 5.74) is 0. The van der Waals surface area contributed by atoms with Crippen molar-refractivity contribution in [3.8, 4) is 0 Å². The summed E-state index contributed by atoms with van der Waals surface area (Å²) < 4.78 is 9.33. The van der Waals surface area contributed by atoms with Crippen molar-refractivity contribution >= 4 is 6.16 Å². The molecule has 0 saturated heterocycles. The molecule has 0 fully saturated rings. The van der Waals surface area contributed by atoms with Crippen LogP contribution in [0.5, 0.6) is 0 Å². The predicted molar refractivity (Wildman–Crippen MR) is 43.9 cm³/mol. The molecule has 0 saturated carbocycles. The molecule has 2 unspecified atom stereocenters. The molecule has 0 aliphatic carbocycles. The Hall–Kier alpha value is -0.770. The Morgan fingerprint density at radius 1 is 1.50 bits per heavy atom. The second-order valence-corrected chi connectivity index (χ2v) is 2.70. The number of hydrogen-bond acceptors (Lipinski definition) is 4. The van der Waals surface area contributed by atoms with Crippen LogP contribution in [-0.2, 0) is 9.47 Å². The van der Waals surface area contributed by atoms with Crippen LogP contribution in [0.4, 0.5) is 4.79 Å². The van der Waals surface area contributed by atoms with E-state index in [0.29, 0.717) is 13.0 Å². The number of carbonyl (C=O) groups is 1. The van der Waals surface area contributed by atoms with Crippen LogP contribution >= 0.6 is 0 Å². The molecule has 0 aliphatic rings. The molecule has 0 aromatic carbocycles. The van der Waals surface area contributed by atoms with Crippen LogP contribution in [0.3, 0.4) is 0 Å². The summed E-state index contributed by atoms with van der Waals surface area (Å²) in [5, 5.41) is 8.93. The Labute approximate surface area is 72.5 Å². The van der Waals surface area contributed by atoms with Gasteiger partial charge in [-0.1, -0.05) is 0 Å². The van der Waals surface area contributed by atoms with Crippen LogP contribution in [0, 0.1) is 0 Å². The fourth-order valence-electron chi connectivity index (χ4n) is 0.845. The van der Waals surface area contributed by atoms with Crippen molar-refractivity contribution < 1.29 is 19.4 Å². The Morgan fingerprint density at radius 3 is 2.50 bits per heavy atom. The zero-order valence-corrected chi connectivity index (χ0v) is 7.74. The summed E-state index contributed by atoms with van der Waals surface area (Å²) in [4.78, 5) is 10.7. The van der Waals surface area contributed by atoms with Gasteiger partial charge in [0.05, 0.1) is 12.7 Å². The van der Waals surface area contributed by atoms with Crippen molar-refractivity contribution in [3.63, 3.8) is 0 Å². The lowest BCUT2D eigenvalue weighted by molar-refractivity contribution is 0.0157. The summed E-state index contributed by atoms with van der Waals surface area (Å²) in [6, 6.07) is 0. The smallest absolute Gasteiger partial charge is 0.435 e. The van der Waals surface area contributed by atoms with Crippen LogP contribution in [-0.4, -0.2) is 30.1 Å². The summed E-state index contributed by atoms with van der Waals surface area (Å²) in [6.07, 6.45) is -1.01. The maximum absolute atomic E-state index is 10.7. The summed E-state index contributed by atoms with van der Waals surface area (Å²) in [7, 11) is 0. The first kappa shape index (κ1) is 11.2. The molecule has 0 radical (unpaired) electrons. The van der Waals surface area contributed by atoms with E-state index < -0.39 is 12.3 Å². The van der Waals surface area contributed by atoms with Gasteiger partial charge in [-0.3, -0.25) is 0 Å². The molecule has 0 aliphatic heterocycles. The van der Waals surface area contributed by atoms with E-state index in [1.807, 2.05) is 0 Å². The average Bonchev–Trinajstić information content (AvgIpc) is 1.84. The second kappa shape index (κ2) is 5.83. The van der Waals surface area contributed by atoms with Gasteiger partial charge in [0.15, 0.2) is 0 Å². The fraction of sp³-hybridized carbons (Fsp3) is 0.875. The molecule has 2 atom stereocenters. The maximum Gasteiger partial charge on any atom is 0.508 e. The molecule has 0 bridgehead atoms. The standard InChI is InChI=1S/C8H16O4/c1-4-11-8(10)12-7(3)5-6(2)9/h6-7,9H,4-5H2,1-3H3. The van der Waals surface area contributed by atoms with Gasteiger partial charge in [0.25, 0.3) is 0 Å². The van der Waals surface area contributed by atoms with Gasteiger partial charge in [0.2, 0.25) is 0 Å². The van der Waals surface area contributed by atoms with E-state index in [2.05, 4.69) is 4.74 Å². The first-order valence-corrected chi connectivity index (χ1v) is 4.07. The maximum atomic E-state index is 10.7. The van der Waals surface area contributed by atoms with E-state index in [9.17, 15) is 4.79 Å². The molecule has 4 heteroatoms. The third-order valence-corrected chi connectivity index (χ3v) is 1.23. The lowest BCUT2D eigenvalue weighted by Crippen LogP contribution is -2.20. The van der Waals surface area contributed by atoms with Gasteiger partial charge in [0.1, 0.15) is 6.10 Å². The van der Waals surface area contributed by atoms with Gasteiger partial charge in [-0.2, -0.15) is 0 Å². The molecule has 0 amide bonds. The van der Waals surface area contributed by atoms with Crippen LogP contribution in [0.1, 0.15) is 27.2 Å². The third kappa shape index (κ3) is 5.97. The van der Waals surface area contributed by atoms with E-state index in [1.165, 1.54) is 0 Å². The van der Waals surface area contributed by atoms with E-state index in [0.717, 1.165) is 0 Å². The SMILES string of the molecule is CCOC(=O)OC(C)CC(C)O. The summed E-state index contributed by atoms with van der Waals surface area (Å²) in [5.74, 6) is 0. The molecular weight excluding hydrogens is 160 g/mol. The second-order valence-electron chi connectivity index (χ2n) is 2.70. The molecular formula is C8H16O4. The molecule has 1 N–H and O–H groups in total. The summed E-state index contributed by atoms with van der Waals surface area (Å²) in [6.45, 7) is 5.37. The van der Waals surface area contributed by atoms with E-state index in [1.54, 1.807) is 20.8 Å². The highest BCUT2D eigenvalue weighted by Gasteiger charge is 2.11. The van der Waals surface area contributed by atoms with Crippen LogP contribution in [0.2, 0.25) is 0 Å². The van der Waals surface area contributed by atoms with Crippen LogP contribution < -0.4 is 0 Å². The highest BCUT2D eigenvalue weighted by molar-refractivity contribution is 5.59. The number of ether oxygens (including phenoxy) is 2. The van der Waals surface area contributed by atoms with Crippen molar-refractivity contribution in [1.29, 1.82) is 0 Å². The van der Waals surface area contributed by atoms with Gasteiger partial charge < -0.3 is 14.6 Å². The highest BCUT2D eigenvalue weighted by Crippen LogP contribution is 2.02. The monoisotopic (exact) mass is 176 g/mol. The Morgan fingerprint density at radius 2 is 2.08 bits per heavy atom. The van der Waals surface area contributed by atoms with Gasteiger partial charge in [-0.05, 0) is 20.8 Å². The average molecular weight is 176 g/mol. The zero-order valence-electron chi connectivity index (χ0n) is 7.74. The molecule has 12 heavy (non-hydrogen) atoms.